The molecule has 1 saturated heterocycles. The summed E-state index contributed by atoms with van der Waals surface area (Å²) in [5.41, 5.74) is 0.827. The van der Waals surface area contributed by atoms with Crippen molar-refractivity contribution >= 4 is 27.5 Å². The van der Waals surface area contributed by atoms with Crippen LogP contribution in [0.15, 0.2) is 59.5 Å². The first-order valence-corrected chi connectivity index (χ1v) is 11.3. The van der Waals surface area contributed by atoms with E-state index in [-0.39, 0.29) is 23.9 Å². The summed E-state index contributed by atoms with van der Waals surface area (Å²) in [6.45, 7) is 3.48. The Hall–Kier alpha value is -1.89. The highest BCUT2D eigenvalue weighted by Crippen LogP contribution is 2.22. The van der Waals surface area contributed by atoms with Crippen molar-refractivity contribution in [3.63, 3.8) is 0 Å². The van der Waals surface area contributed by atoms with Crippen LogP contribution in [0.25, 0.3) is 0 Å². The number of rotatable bonds is 6. The fourth-order valence-corrected chi connectivity index (χ4v) is 4.98. The third kappa shape index (κ3) is 5.13. The standard InChI is InChI=1S/C21H25ClN2O3S/c1-17-10-12-23(13-11-17)21(25)16-24(15-18-6-3-2-4-7-18)28(26,27)20-9-5-8-19(22)14-20/h2-9,14,17H,10-13,15-16H2,1H3. The molecule has 1 aliphatic rings. The molecule has 0 aliphatic carbocycles. The fourth-order valence-electron chi connectivity index (χ4n) is 3.30. The molecule has 0 radical (unpaired) electrons. The van der Waals surface area contributed by atoms with Crippen LogP contribution in [-0.2, 0) is 21.4 Å². The van der Waals surface area contributed by atoms with E-state index in [0.29, 0.717) is 24.0 Å². The van der Waals surface area contributed by atoms with Gasteiger partial charge in [-0.3, -0.25) is 4.79 Å². The van der Waals surface area contributed by atoms with E-state index in [1.54, 1.807) is 17.0 Å². The Kier molecular flexibility index (Phi) is 6.75. The van der Waals surface area contributed by atoms with Gasteiger partial charge in [0.15, 0.2) is 0 Å². The molecule has 1 heterocycles. The van der Waals surface area contributed by atoms with Crippen LogP contribution in [0.5, 0.6) is 0 Å². The lowest BCUT2D eigenvalue weighted by molar-refractivity contribution is -0.132. The summed E-state index contributed by atoms with van der Waals surface area (Å²) in [7, 11) is -3.86. The highest BCUT2D eigenvalue weighted by atomic mass is 35.5. The van der Waals surface area contributed by atoms with Crippen LogP contribution in [0, 0.1) is 5.92 Å². The second-order valence-corrected chi connectivity index (χ2v) is 9.65. The third-order valence-corrected chi connectivity index (χ3v) is 7.11. The fraction of sp³-hybridized carbons (Fsp3) is 0.381. The molecule has 5 nitrogen and oxygen atoms in total. The van der Waals surface area contributed by atoms with Gasteiger partial charge in [0.25, 0.3) is 0 Å². The number of hydrogen-bond donors (Lipinski definition) is 0. The lowest BCUT2D eigenvalue weighted by Gasteiger charge is -2.32. The molecule has 1 fully saturated rings. The molecule has 0 saturated carbocycles. The number of nitrogens with zero attached hydrogens (tertiary/aromatic N) is 2. The predicted molar refractivity (Wildman–Crippen MR) is 110 cm³/mol. The van der Waals surface area contributed by atoms with Gasteiger partial charge in [-0.1, -0.05) is 54.9 Å². The summed E-state index contributed by atoms with van der Waals surface area (Å²) in [5.74, 6) is 0.438. The van der Waals surface area contributed by atoms with E-state index in [1.165, 1.54) is 16.4 Å². The largest absolute Gasteiger partial charge is 0.342 e. The molecule has 0 spiro atoms. The van der Waals surface area contributed by atoms with Crippen LogP contribution in [-0.4, -0.2) is 43.2 Å². The van der Waals surface area contributed by atoms with Gasteiger partial charge in [0.05, 0.1) is 11.4 Å². The lowest BCUT2D eigenvalue weighted by Crippen LogP contribution is -2.45. The number of likely N-dealkylation sites (tertiary alicyclic amines) is 1. The molecular weight excluding hydrogens is 396 g/mol. The Bertz CT molecular complexity index is 910. The Morgan fingerprint density at radius 1 is 1.11 bits per heavy atom. The van der Waals surface area contributed by atoms with Gasteiger partial charge in [0.1, 0.15) is 0 Å². The zero-order valence-electron chi connectivity index (χ0n) is 15.9. The molecule has 1 aliphatic heterocycles. The summed E-state index contributed by atoms with van der Waals surface area (Å²) < 4.78 is 27.8. The topological polar surface area (TPSA) is 57.7 Å². The van der Waals surface area contributed by atoms with Crippen molar-refractivity contribution in [3.05, 3.63) is 65.2 Å². The van der Waals surface area contributed by atoms with Gasteiger partial charge in [-0.25, -0.2) is 8.42 Å². The first-order chi connectivity index (χ1) is 13.4. The molecule has 0 N–H and O–H groups in total. The molecule has 0 atom stereocenters. The SMILES string of the molecule is CC1CCN(C(=O)CN(Cc2ccccc2)S(=O)(=O)c2cccc(Cl)c2)CC1. The van der Waals surface area contributed by atoms with Crippen LogP contribution in [0.1, 0.15) is 25.3 Å². The molecule has 2 aromatic carbocycles. The summed E-state index contributed by atoms with van der Waals surface area (Å²) in [4.78, 5) is 14.7. The number of hydrogen-bond acceptors (Lipinski definition) is 3. The van der Waals surface area contributed by atoms with Gasteiger partial charge in [0.2, 0.25) is 15.9 Å². The Labute approximate surface area is 172 Å². The predicted octanol–water partition coefficient (Wildman–Crippen LogP) is 3.79. The van der Waals surface area contributed by atoms with Crippen molar-refractivity contribution in [1.82, 2.24) is 9.21 Å². The van der Waals surface area contributed by atoms with Gasteiger partial charge in [-0.15, -0.1) is 0 Å². The minimum atomic E-state index is -3.86. The van der Waals surface area contributed by atoms with Crippen LogP contribution >= 0.6 is 11.6 Å². The molecule has 3 rings (SSSR count). The number of piperidine rings is 1. The van der Waals surface area contributed by atoms with Gasteiger partial charge in [0, 0.05) is 24.7 Å². The van der Waals surface area contributed by atoms with Crippen LogP contribution < -0.4 is 0 Å². The van der Waals surface area contributed by atoms with E-state index >= 15 is 0 Å². The monoisotopic (exact) mass is 420 g/mol. The normalized spacial score (nSPS) is 15.8. The van der Waals surface area contributed by atoms with Crippen LogP contribution in [0.3, 0.4) is 0 Å². The van der Waals surface area contributed by atoms with Gasteiger partial charge >= 0.3 is 0 Å². The molecule has 0 bridgehead atoms. The van der Waals surface area contributed by atoms with Gasteiger partial charge in [-0.05, 0) is 42.5 Å². The average molecular weight is 421 g/mol. The first-order valence-electron chi connectivity index (χ1n) is 9.43. The summed E-state index contributed by atoms with van der Waals surface area (Å²) in [6, 6.07) is 15.4. The summed E-state index contributed by atoms with van der Waals surface area (Å²) >= 11 is 6.00. The third-order valence-electron chi connectivity index (χ3n) is 5.08. The maximum absolute atomic E-state index is 13.3. The van der Waals surface area contributed by atoms with Crippen molar-refractivity contribution in [2.24, 2.45) is 5.92 Å². The maximum Gasteiger partial charge on any atom is 0.243 e. The second-order valence-electron chi connectivity index (χ2n) is 7.28. The minimum Gasteiger partial charge on any atom is -0.342 e. The van der Waals surface area contributed by atoms with Gasteiger partial charge in [-0.2, -0.15) is 4.31 Å². The second kappa shape index (κ2) is 9.07. The highest BCUT2D eigenvalue weighted by Gasteiger charge is 2.30. The summed E-state index contributed by atoms with van der Waals surface area (Å²) in [5, 5.41) is 0.345. The molecular formula is C21H25ClN2O3S. The number of amides is 1. The lowest BCUT2D eigenvalue weighted by atomic mass is 9.99. The molecule has 2 aromatic rings. The number of halogens is 1. The molecule has 1 amide bonds. The molecule has 0 unspecified atom stereocenters. The molecule has 7 heteroatoms. The van der Waals surface area contributed by atoms with Crippen LogP contribution in [0.4, 0.5) is 0 Å². The number of benzene rings is 2. The Morgan fingerprint density at radius 3 is 2.43 bits per heavy atom. The summed E-state index contributed by atoms with van der Waals surface area (Å²) in [6.07, 6.45) is 1.90. The number of sulfonamides is 1. The minimum absolute atomic E-state index is 0.0935. The van der Waals surface area contributed by atoms with Crippen molar-refractivity contribution in [2.45, 2.75) is 31.2 Å². The first kappa shape index (κ1) is 20.8. The van der Waals surface area contributed by atoms with E-state index in [1.807, 2.05) is 30.3 Å². The van der Waals surface area contributed by atoms with Crippen LogP contribution in [0.2, 0.25) is 5.02 Å². The zero-order chi connectivity index (χ0) is 20.1. The number of carbonyl (C=O) groups excluding carboxylic acids is 1. The zero-order valence-corrected chi connectivity index (χ0v) is 17.5. The Balaban J connectivity index is 1.85. The van der Waals surface area contributed by atoms with E-state index in [0.717, 1.165) is 18.4 Å². The van der Waals surface area contributed by atoms with Crippen molar-refractivity contribution in [3.8, 4) is 0 Å². The van der Waals surface area contributed by atoms with Crippen molar-refractivity contribution in [1.29, 1.82) is 0 Å². The van der Waals surface area contributed by atoms with Crippen molar-refractivity contribution < 1.29 is 13.2 Å². The molecule has 150 valence electrons. The quantitative estimate of drug-likeness (QED) is 0.714. The molecule has 0 aromatic heterocycles. The number of carbonyl (C=O) groups is 1. The highest BCUT2D eigenvalue weighted by molar-refractivity contribution is 7.89. The van der Waals surface area contributed by atoms with E-state index in [2.05, 4.69) is 6.92 Å². The van der Waals surface area contributed by atoms with E-state index in [9.17, 15) is 13.2 Å². The smallest absolute Gasteiger partial charge is 0.243 e. The van der Waals surface area contributed by atoms with Gasteiger partial charge < -0.3 is 4.90 Å². The van der Waals surface area contributed by atoms with E-state index < -0.39 is 10.0 Å². The maximum atomic E-state index is 13.3. The Morgan fingerprint density at radius 2 is 1.79 bits per heavy atom. The van der Waals surface area contributed by atoms with E-state index in [4.69, 9.17) is 11.6 Å². The molecule has 28 heavy (non-hydrogen) atoms. The van der Waals surface area contributed by atoms with Crippen molar-refractivity contribution in [2.75, 3.05) is 19.6 Å². The average Bonchev–Trinajstić information content (AvgIpc) is 2.68.